The lowest BCUT2D eigenvalue weighted by Crippen LogP contribution is -2.06. The van der Waals surface area contributed by atoms with Crippen LogP contribution in [0.3, 0.4) is 0 Å². The molecular formula is C13H11ClN6O2S2. The van der Waals surface area contributed by atoms with Gasteiger partial charge in [0, 0.05) is 11.6 Å². The highest BCUT2D eigenvalue weighted by Crippen LogP contribution is 2.22. The van der Waals surface area contributed by atoms with Crippen molar-refractivity contribution >= 4 is 43.7 Å². The van der Waals surface area contributed by atoms with Crippen molar-refractivity contribution in [2.75, 3.05) is 5.32 Å². The third-order valence-electron chi connectivity index (χ3n) is 2.90. The molecule has 2 heterocycles. The van der Waals surface area contributed by atoms with E-state index in [1.165, 1.54) is 48.0 Å². The first-order chi connectivity index (χ1) is 11.5. The van der Waals surface area contributed by atoms with Crippen molar-refractivity contribution in [1.82, 2.24) is 20.2 Å². The second-order valence-corrected chi connectivity index (χ2v) is 7.92. The number of anilines is 2. The van der Waals surface area contributed by atoms with E-state index in [-0.39, 0.29) is 9.92 Å². The molecule has 0 amide bonds. The predicted molar refractivity (Wildman–Crippen MR) is 90.0 cm³/mol. The van der Waals surface area contributed by atoms with Crippen molar-refractivity contribution in [3.63, 3.8) is 0 Å². The largest absolute Gasteiger partial charge is 0.324 e. The Morgan fingerprint density at radius 3 is 2.46 bits per heavy atom. The van der Waals surface area contributed by atoms with Gasteiger partial charge in [0.25, 0.3) is 0 Å². The molecule has 0 aliphatic carbocycles. The fourth-order valence-electron chi connectivity index (χ4n) is 1.75. The van der Waals surface area contributed by atoms with Gasteiger partial charge in [-0.25, -0.2) is 18.4 Å². The zero-order chi connectivity index (χ0) is 17.2. The maximum atomic E-state index is 12.5. The lowest BCUT2D eigenvalue weighted by Gasteiger charge is -2.05. The Bertz CT molecular complexity index is 941. The molecule has 3 rings (SSSR count). The van der Waals surface area contributed by atoms with E-state index < -0.39 is 9.84 Å². The number of hydrogen-bond donors (Lipinski definition) is 2. The fraction of sp³-hybridized carbons (Fsp3) is 0.0769. The van der Waals surface area contributed by atoms with Crippen LogP contribution in [0.15, 0.2) is 46.6 Å². The molecule has 0 saturated heterocycles. The molecule has 2 aromatic heterocycles. The normalized spacial score (nSPS) is 11.4. The number of hydrogen-bond acceptors (Lipinski definition) is 9. The minimum Gasteiger partial charge on any atom is -0.324 e. The summed E-state index contributed by atoms with van der Waals surface area (Å²) in [6.45, 7) is 0.295. The third-order valence-corrected chi connectivity index (χ3v) is 5.67. The van der Waals surface area contributed by atoms with Crippen molar-refractivity contribution < 1.29 is 8.42 Å². The van der Waals surface area contributed by atoms with Gasteiger partial charge in [-0.1, -0.05) is 22.9 Å². The van der Waals surface area contributed by atoms with E-state index in [0.29, 0.717) is 27.5 Å². The number of benzene rings is 1. The van der Waals surface area contributed by atoms with Crippen molar-refractivity contribution in [2.24, 2.45) is 5.73 Å². The summed E-state index contributed by atoms with van der Waals surface area (Å²) in [4.78, 5) is 8.10. The first-order valence-corrected chi connectivity index (χ1v) is 9.29. The molecule has 0 spiro atoms. The first-order valence-electron chi connectivity index (χ1n) is 6.61. The quantitative estimate of drug-likeness (QED) is 0.686. The average molecular weight is 383 g/mol. The van der Waals surface area contributed by atoms with Gasteiger partial charge in [0.15, 0.2) is 10.8 Å². The Labute approximate surface area is 146 Å². The zero-order valence-corrected chi connectivity index (χ0v) is 14.4. The second-order valence-electron chi connectivity index (χ2n) is 4.53. The Hall–Kier alpha value is -2.14. The van der Waals surface area contributed by atoms with Crippen LogP contribution in [0, 0.1) is 0 Å². The Morgan fingerprint density at radius 2 is 1.88 bits per heavy atom. The highest BCUT2D eigenvalue weighted by Gasteiger charge is 2.19. The molecule has 0 bridgehead atoms. The molecule has 0 unspecified atom stereocenters. The molecule has 0 fully saturated rings. The van der Waals surface area contributed by atoms with Gasteiger partial charge in [0.05, 0.1) is 17.3 Å². The maximum Gasteiger partial charge on any atom is 0.225 e. The van der Waals surface area contributed by atoms with Gasteiger partial charge < -0.3 is 11.1 Å². The number of nitrogens with zero attached hydrogens (tertiary/aromatic N) is 4. The molecule has 1 aromatic carbocycles. The number of aromatic nitrogens is 4. The highest BCUT2D eigenvalue weighted by molar-refractivity contribution is 7.91. The molecule has 0 atom stereocenters. The summed E-state index contributed by atoms with van der Waals surface area (Å²) in [5, 5.41) is 12.1. The molecule has 0 aliphatic heterocycles. The molecule has 11 heteroatoms. The molecule has 0 saturated carbocycles. The molecule has 24 heavy (non-hydrogen) atoms. The SMILES string of the molecule is NCc1nnc(Nc2cnc(S(=O)(=O)c3ccc(Cl)cc3)cn2)s1. The lowest BCUT2D eigenvalue weighted by atomic mass is 10.4. The van der Waals surface area contributed by atoms with Gasteiger partial charge in [0.2, 0.25) is 15.0 Å². The van der Waals surface area contributed by atoms with Crippen molar-refractivity contribution in [1.29, 1.82) is 0 Å². The molecule has 124 valence electrons. The van der Waals surface area contributed by atoms with Crippen LogP contribution in [0.2, 0.25) is 5.02 Å². The van der Waals surface area contributed by atoms with E-state index in [4.69, 9.17) is 17.3 Å². The first kappa shape index (κ1) is 16.7. The number of sulfone groups is 1. The van der Waals surface area contributed by atoms with Crippen LogP contribution < -0.4 is 11.1 Å². The Morgan fingerprint density at radius 1 is 1.12 bits per heavy atom. The van der Waals surface area contributed by atoms with E-state index in [0.717, 1.165) is 0 Å². The fourth-order valence-corrected chi connectivity index (χ4v) is 3.62. The average Bonchev–Trinajstić information content (AvgIpc) is 3.03. The van der Waals surface area contributed by atoms with Crippen LogP contribution in [0.4, 0.5) is 10.9 Å². The lowest BCUT2D eigenvalue weighted by molar-refractivity contribution is 0.592. The van der Waals surface area contributed by atoms with Gasteiger partial charge in [-0.3, -0.25) is 0 Å². The van der Waals surface area contributed by atoms with Crippen LogP contribution in [0.5, 0.6) is 0 Å². The molecule has 8 nitrogen and oxygen atoms in total. The topological polar surface area (TPSA) is 124 Å². The minimum absolute atomic E-state index is 0.0959. The second kappa shape index (κ2) is 6.77. The van der Waals surface area contributed by atoms with E-state index in [2.05, 4.69) is 25.5 Å². The van der Waals surface area contributed by atoms with Crippen LogP contribution in [-0.4, -0.2) is 28.6 Å². The van der Waals surface area contributed by atoms with Gasteiger partial charge >= 0.3 is 0 Å². The summed E-state index contributed by atoms with van der Waals surface area (Å²) in [6, 6.07) is 5.84. The minimum atomic E-state index is -3.75. The number of rotatable bonds is 5. The van der Waals surface area contributed by atoms with E-state index >= 15 is 0 Å². The highest BCUT2D eigenvalue weighted by atomic mass is 35.5. The monoisotopic (exact) mass is 382 g/mol. The van der Waals surface area contributed by atoms with Gasteiger partial charge in [-0.05, 0) is 24.3 Å². The number of nitrogens with two attached hydrogens (primary N) is 1. The maximum absolute atomic E-state index is 12.5. The smallest absolute Gasteiger partial charge is 0.225 e. The van der Waals surface area contributed by atoms with Crippen LogP contribution in [0.25, 0.3) is 0 Å². The summed E-state index contributed by atoms with van der Waals surface area (Å²) in [7, 11) is -3.75. The zero-order valence-electron chi connectivity index (χ0n) is 12.0. The number of nitrogens with one attached hydrogen (secondary N) is 1. The number of halogens is 1. The van der Waals surface area contributed by atoms with E-state index in [9.17, 15) is 8.42 Å². The van der Waals surface area contributed by atoms with Crippen LogP contribution >= 0.6 is 22.9 Å². The van der Waals surface area contributed by atoms with E-state index in [1.54, 1.807) is 0 Å². The summed E-state index contributed by atoms with van der Waals surface area (Å²) in [6.07, 6.45) is 2.49. The summed E-state index contributed by atoms with van der Waals surface area (Å²) < 4.78 is 24.9. The summed E-state index contributed by atoms with van der Waals surface area (Å²) in [5.74, 6) is 0.352. The van der Waals surface area contributed by atoms with Crippen LogP contribution in [-0.2, 0) is 16.4 Å². The summed E-state index contributed by atoms with van der Waals surface area (Å²) in [5.41, 5.74) is 5.47. The van der Waals surface area contributed by atoms with E-state index in [1.807, 2.05) is 0 Å². The van der Waals surface area contributed by atoms with Crippen molar-refractivity contribution in [2.45, 2.75) is 16.5 Å². The predicted octanol–water partition coefficient (Wildman–Crippen LogP) is 2.02. The van der Waals surface area contributed by atoms with Gasteiger partial charge in [-0.2, -0.15) is 0 Å². The Balaban J connectivity index is 1.82. The van der Waals surface area contributed by atoms with Crippen molar-refractivity contribution in [3.05, 3.63) is 46.7 Å². The standard InChI is InChI=1S/C13H11ClN6O2S2/c14-8-1-3-9(4-2-8)24(21,22)12-7-16-10(6-17-12)18-13-20-19-11(5-15)23-13/h1-4,6-7H,5,15H2,(H,16,18,20). The summed E-state index contributed by atoms with van der Waals surface area (Å²) >= 11 is 7.05. The van der Waals surface area contributed by atoms with Crippen LogP contribution in [0.1, 0.15) is 5.01 Å². The molecule has 3 aromatic rings. The van der Waals surface area contributed by atoms with Crippen molar-refractivity contribution in [3.8, 4) is 0 Å². The third kappa shape index (κ3) is 3.51. The van der Waals surface area contributed by atoms with Gasteiger partial charge in [0.1, 0.15) is 5.01 Å². The molecule has 0 radical (unpaired) electrons. The Kier molecular flexibility index (Phi) is 4.71. The molecule has 3 N–H and O–H groups in total. The molecular weight excluding hydrogens is 372 g/mol. The molecule has 0 aliphatic rings. The van der Waals surface area contributed by atoms with Gasteiger partial charge in [-0.15, -0.1) is 10.2 Å².